The number of hydrogen-bond donors (Lipinski definition) is 1. The third kappa shape index (κ3) is 5.11. The summed E-state index contributed by atoms with van der Waals surface area (Å²) in [4.78, 5) is 4.77. The van der Waals surface area contributed by atoms with Crippen molar-refractivity contribution in [3.05, 3.63) is 11.6 Å². The van der Waals surface area contributed by atoms with E-state index in [0.29, 0.717) is 0 Å². The van der Waals surface area contributed by atoms with Crippen molar-refractivity contribution in [3.8, 4) is 0 Å². The molecule has 0 aliphatic carbocycles. The van der Waals surface area contributed by atoms with Crippen LogP contribution in [0.15, 0.2) is 11.6 Å². The molecule has 1 atom stereocenters. The number of rotatable bonds is 5. The minimum atomic E-state index is -0.602. The standard InChI is InChI=1S/C16H32O2/c1-12(2)16(9,18-17)13(3)10-15(7,8)11-14(4,5)6/h10,12,17H,11H2,1-9H3/b13-10+. The van der Waals surface area contributed by atoms with Crippen LogP contribution < -0.4 is 0 Å². The van der Waals surface area contributed by atoms with Crippen molar-refractivity contribution < 1.29 is 10.1 Å². The van der Waals surface area contributed by atoms with Gasteiger partial charge in [0.2, 0.25) is 0 Å². The third-order valence-electron chi connectivity index (χ3n) is 3.67. The van der Waals surface area contributed by atoms with E-state index in [1.54, 1.807) is 0 Å². The molecule has 2 nitrogen and oxygen atoms in total. The predicted octanol–water partition coefficient (Wildman–Crippen LogP) is 5.30. The van der Waals surface area contributed by atoms with Crippen LogP contribution in [0.4, 0.5) is 0 Å². The highest BCUT2D eigenvalue weighted by atomic mass is 17.1. The summed E-state index contributed by atoms with van der Waals surface area (Å²) in [6.45, 7) is 19.3. The van der Waals surface area contributed by atoms with Crippen LogP contribution >= 0.6 is 0 Å². The molecule has 18 heavy (non-hydrogen) atoms. The second-order valence-corrected chi connectivity index (χ2v) is 7.91. The Morgan fingerprint density at radius 2 is 1.56 bits per heavy atom. The Hall–Kier alpha value is -0.340. The van der Waals surface area contributed by atoms with Gasteiger partial charge < -0.3 is 0 Å². The van der Waals surface area contributed by atoms with Gasteiger partial charge in [0, 0.05) is 0 Å². The molecule has 0 aromatic carbocycles. The van der Waals surface area contributed by atoms with Crippen molar-refractivity contribution in [1.82, 2.24) is 0 Å². The lowest BCUT2D eigenvalue weighted by Crippen LogP contribution is -2.36. The maximum Gasteiger partial charge on any atom is 0.123 e. The van der Waals surface area contributed by atoms with E-state index in [1.807, 2.05) is 13.8 Å². The highest BCUT2D eigenvalue weighted by Gasteiger charge is 2.34. The summed E-state index contributed by atoms with van der Waals surface area (Å²) in [6.07, 6.45) is 3.34. The van der Waals surface area contributed by atoms with E-state index < -0.39 is 5.60 Å². The summed E-state index contributed by atoms with van der Waals surface area (Å²) in [5.74, 6) is 0.226. The summed E-state index contributed by atoms with van der Waals surface area (Å²) in [6, 6.07) is 0. The summed E-state index contributed by atoms with van der Waals surface area (Å²) in [5.41, 5.74) is 0.870. The molecule has 0 aromatic heterocycles. The zero-order valence-electron chi connectivity index (χ0n) is 13.7. The van der Waals surface area contributed by atoms with Gasteiger partial charge >= 0.3 is 0 Å². The molecule has 0 amide bonds. The predicted molar refractivity (Wildman–Crippen MR) is 78.6 cm³/mol. The minimum Gasteiger partial charge on any atom is -0.251 e. The van der Waals surface area contributed by atoms with E-state index in [9.17, 15) is 5.26 Å². The van der Waals surface area contributed by atoms with Crippen molar-refractivity contribution in [2.75, 3.05) is 0 Å². The van der Waals surface area contributed by atoms with Crippen LogP contribution in [0.1, 0.15) is 68.7 Å². The Labute approximate surface area is 113 Å². The Balaban J connectivity index is 5.18. The highest BCUT2D eigenvalue weighted by Crippen LogP contribution is 2.38. The lowest BCUT2D eigenvalue weighted by atomic mass is 9.73. The molecule has 0 bridgehead atoms. The quantitative estimate of drug-likeness (QED) is 0.411. The molecule has 0 aromatic rings. The van der Waals surface area contributed by atoms with E-state index in [2.05, 4.69) is 54.5 Å². The summed E-state index contributed by atoms with van der Waals surface area (Å²) < 4.78 is 0. The molecule has 0 fully saturated rings. The fourth-order valence-corrected chi connectivity index (χ4v) is 2.78. The molecule has 0 rings (SSSR count). The van der Waals surface area contributed by atoms with E-state index in [0.717, 1.165) is 12.0 Å². The summed E-state index contributed by atoms with van der Waals surface area (Å²) >= 11 is 0. The first-order chi connectivity index (χ1) is 7.84. The van der Waals surface area contributed by atoms with Crippen LogP contribution in [0.2, 0.25) is 0 Å². The van der Waals surface area contributed by atoms with Crippen molar-refractivity contribution in [2.24, 2.45) is 16.7 Å². The van der Waals surface area contributed by atoms with Gasteiger partial charge in [0.1, 0.15) is 5.60 Å². The van der Waals surface area contributed by atoms with E-state index in [1.165, 1.54) is 0 Å². The Kier molecular flexibility index (Phi) is 5.64. The largest absolute Gasteiger partial charge is 0.251 e. The molecule has 1 N–H and O–H groups in total. The van der Waals surface area contributed by atoms with Gasteiger partial charge in [-0.2, -0.15) is 0 Å². The zero-order chi connectivity index (χ0) is 14.8. The van der Waals surface area contributed by atoms with Gasteiger partial charge in [-0.15, -0.1) is 0 Å². The maximum atomic E-state index is 9.21. The molecular weight excluding hydrogens is 224 g/mol. The third-order valence-corrected chi connectivity index (χ3v) is 3.67. The fraction of sp³-hybridized carbons (Fsp3) is 0.875. The fourth-order valence-electron chi connectivity index (χ4n) is 2.78. The van der Waals surface area contributed by atoms with Crippen molar-refractivity contribution in [1.29, 1.82) is 0 Å². The first-order valence-corrected chi connectivity index (χ1v) is 6.86. The number of hydrogen-bond acceptors (Lipinski definition) is 2. The smallest absolute Gasteiger partial charge is 0.123 e. The van der Waals surface area contributed by atoms with Crippen molar-refractivity contribution in [2.45, 2.75) is 74.3 Å². The normalized spacial score (nSPS) is 18.1. The Bertz CT molecular complexity index is 295. The van der Waals surface area contributed by atoms with Gasteiger partial charge in [0.25, 0.3) is 0 Å². The average molecular weight is 256 g/mol. The number of allylic oxidation sites excluding steroid dienone is 1. The maximum absolute atomic E-state index is 9.21. The van der Waals surface area contributed by atoms with E-state index in [-0.39, 0.29) is 16.7 Å². The van der Waals surface area contributed by atoms with Crippen LogP contribution in [0.25, 0.3) is 0 Å². The monoisotopic (exact) mass is 256 g/mol. The van der Waals surface area contributed by atoms with Crippen LogP contribution in [0, 0.1) is 16.7 Å². The van der Waals surface area contributed by atoms with Gasteiger partial charge in [-0.25, -0.2) is 4.89 Å². The lowest BCUT2D eigenvalue weighted by molar-refractivity contribution is -0.317. The lowest BCUT2D eigenvalue weighted by Gasteiger charge is -2.35. The van der Waals surface area contributed by atoms with Crippen LogP contribution in [0.5, 0.6) is 0 Å². The molecule has 0 spiro atoms. The van der Waals surface area contributed by atoms with Crippen LogP contribution in [0.3, 0.4) is 0 Å². The van der Waals surface area contributed by atoms with Gasteiger partial charge in [0.05, 0.1) is 0 Å². The van der Waals surface area contributed by atoms with Gasteiger partial charge in [-0.05, 0) is 42.6 Å². The highest BCUT2D eigenvalue weighted by molar-refractivity contribution is 5.17. The minimum absolute atomic E-state index is 0.0943. The molecule has 1 unspecified atom stereocenters. The molecule has 0 aliphatic heterocycles. The topological polar surface area (TPSA) is 29.5 Å². The van der Waals surface area contributed by atoms with Gasteiger partial charge in [0.15, 0.2) is 0 Å². The Morgan fingerprint density at radius 1 is 1.11 bits per heavy atom. The molecule has 2 heteroatoms. The van der Waals surface area contributed by atoms with E-state index in [4.69, 9.17) is 4.89 Å². The molecule has 0 aliphatic rings. The van der Waals surface area contributed by atoms with Crippen molar-refractivity contribution in [3.63, 3.8) is 0 Å². The molecular formula is C16H32O2. The van der Waals surface area contributed by atoms with Gasteiger partial charge in [-0.3, -0.25) is 5.26 Å². The van der Waals surface area contributed by atoms with Gasteiger partial charge in [-0.1, -0.05) is 54.5 Å². The van der Waals surface area contributed by atoms with Crippen LogP contribution in [-0.4, -0.2) is 10.9 Å². The van der Waals surface area contributed by atoms with Crippen molar-refractivity contribution >= 4 is 0 Å². The first-order valence-electron chi connectivity index (χ1n) is 6.86. The van der Waals surface area contributed by atoms with E-state index >= 15 is 0 Å². The molecule has 0 radical (unpaired) electrons. The average Bonchev–Trinajstić information content (AvgIpc) is 2.10. The summed E-state index contributed by atoms with van der Waals surface area (Å²) in [5, 5.41) is 9.21. The van der Waals surface area contributed by atoms with Crippen LogP contribution in [-0.2, 0) is 4.89 Å². The second-order valence-electron chi connectivity index (χ2n) is 7.91. The molecule has 0 heterocycles. The summed E-state index contributed by atoms with van der Waals surface area (Å²) in [7, 11) is 0. The molecule has 108 valence electrons. The molecule has 0 saturated heterocycles. The first kappa shape index (κ1) is 17.7. The Morgan fingerprint density at radius 3 is 1.83 bits per heavy atom. The SMILES string of the molecule is C/C(=C\C(C)(C)CC(C)(C)C)C(C)(OO)C(C)C. The molecule has 0 saturated carbocycles. The zero-order valence-corrected chi connectivity index (χ0v) is 13.7. The second kappa shape index (κ2) is 5.75.